The molecule has 3 heteroatoms. The average Bonchev–Trinajstić information content (AvgIpc) is 2.34. The van der Waals surface area contributed by atoms with Crippen molar-refractivity contribution in [3.63, 3.8) is 0 Å². The van der Waals surface area contributed by atoms with Crippen LogP contribution in [0.5, 0.6) is 0 Å². The fraction of sp³-hybridized carbons (Fsp3) is 0.429. The first-order valence-corrected chi connectivity index (χ1v) is 6.04. The van der Waals surface area contributed by atoms with Gasteiger partial charge in [0, 0.05) is 31.7 Å². The third-order valence-corrected chi connectivity index (χ3v) is 3.26. The van der Waals surface area contributed by atoms with Gasteiger partial charge in [-0.25, -0.2) is 4.39 Å². The summed E-state index contributed by atoms with van der Waals surface area (Å²) in [6.07, 6.45) is 3.39. The van der Waals surface area contributed by atoms with Gasteiger partial charge in [0.15, 0.2) is 0 Å². The van der Waals surface area contributed by atoms with E-state index in [1.807, 2.05) is 12.1 Å². The maximum absolute atomic E-state index is 13.3. The Morgan fingerprint density at radius 2 is 2.24 bits per heavy atom. The smallest absolute Gasteiger partial charge is 0.127 e. The van der Waals surface area contributed by atoms with Crippen molar-refractivity contribution in [3.8, 4) is 0 Å². The first-order valence-electron chi connectivity index (χ1n) is 6.04. The molecule has 0 bridgehead atoms. The van der Waals surface area contributed by atoms with Gasteiger partial charge in [-0.3, -0.25) is 4.90 Å². The topological polar surface area (TPSA) is 29.3 Å². The van der Waals surface area contributed by atoms with E-state index in [-0.39, 0.29) is 12.4 Å². The van der Waals surface area contributed by atoms with Crippen LogP contribution in [-0.4, -0.2) is 18.0 Å². The molecule has 0 saturated carbocycles. The SMILES string of the molecule is CC1=CCN(Cc2ccc(F)c(CN)c2)CC1. The van der Waals surface area contributed by atoms with Gasteiger partial charge in [0.05, 0.1) is 0 Å². The highest BCUT2D eigenvalue weighted by Gasteiger charge is 2.10. The lowest BCUT2D eigenvalue weighted by atomic mass is 10.1. The minimum Gasteiger partial charge on any atom is -0.326 e. The summed E-state index contributed by atoms with van der Waals surface area (Å²) < 4.78 is 13.3. The molecular formula is C14H19FN2. The molecule has 1 aliphatic heterocycles. The van der Waals surface area contributed by atoms with E-state index in [4.69, 9.17) is 5.73 Å². The summed E-state index contributed by atoms with van der Waals surface area (Å²) in [4.78, 5) is 2.36. The zero-order chi connectivity index (χ0) is 12.3. The summed E-state index contributed by atoms with van der Waals surface area (Å²) in [6.45, 7) is 5.37. The molecule has 0 spiro atoms. The fourth-order valence-corrected chi connectivity index (χ4v) is 2.10. The van der Waals surface area contributed by atoms with E-state index in [1.54, 1.807) is 0 Å². The number of hydrogen-bond acceptors (Lipinski definition) is 2. The molecule has 1 heterocycles. The minimum absolute atomic E-state index is 0.203. The number of halogens is 1. The maximum atomic E-state index is 13.3. The predicted molar refractivity (Wildman–Crippen MR) is 67.9 cm³/mol. The van der Waals surface area contributed by atoms with Gasteiger partial charge in [-0.1, -0.05) is 23.8 Å². The standard InChI is InChI=1S/C14H19FN2/c1-11-4-6-17(7-5-11)10-12-2-3-14(15)13(8-12)9-16/h2-4,8H,5-7,9-10,16H2,1H3. The molecule has 0 amide bonds. The first kappa shape index (κ1) is 12.3. The summed E-state index contributed by atoms with van der Waals surface area (Å²) in [5, 5.41) is 0. The number of rotatable bonds is 3. The lowest BCUT2D eigenvalue weighted by molar-refractivity contribution is 0.286. The molecule has 1 aliphatic rings. The molecule has 0 saturated heterocycles. The third-order valence-electron chi connectivity index (χ3n) is 3.26. The lowest BCUT2D eigenvalue weighted by Crippen LogP contribution is -2.28. The monoisotopic (exact) mass is 234 g/mol. The van der Waals surface area contributed by atoms with Crippen molar-refractivity contribution in [1.82, 2.24) is 4.90 Å². The highest BCUT2D eigenvalue weighted by Crippen LogP contribution is 2.15. The summed E-state index contributed by atoms with van der Waals surface area (Å²) >= 11 is 0. The van der Waals surface area contributed by atoms with Crippen molar-refractivity contribution in [2.45, 2.75) is 26.4 Å². The van der Waals surface area contributed by atoms with E-state index in [0.717, 1.165) is 31.6 Å². The summed E-state index contributed by atoms with van der Waals surface area (Å²) in [7, 11) is 0. The van der Waals surface area contributed by atoms with Crippen LogP contribution in [0.15, 0.2) is 29.8 Å². The lowest BCUT2D eigenvalue weighted by Gasteiger charge is -2.25. The zero-order valence-electron chi connectivity index (χ0n) is 10.2. The van der Waals surface area contributed by atoms with E-state index in [2.05, 4.69) is 17.9 Å². The Morgan fingerprint density at radius 3 is 2.88 bits per heavy atom. The van der Waals surface area contributed by atoms with Crippen LogP contribution in [0.25, 0.3) is 0 Å². The number of nitrogens with two attached hydrogens (primary N) is 1. The van der Waals surface area contributed by atoms with Gasteiger partial charge in [0.25, 0.3) is 0 Å². The minimum atomic E-state index is -0.203. The normalized spacial score (nSPS) is 17.0. The van der Waals surface area contributed by atoms with Crippen molar-refractivity contribution in [1.29, 1.82) is 0 Å². The second-order valence-corrected chi connectivity index (χ2v) is 4.67. The van der Waals surface area contributed by atoms with E-state index in [0.29, 0.717) is 5.56 Å². The Kier molecular flexibility index (Phi) is 3.92. The Hall–Kier alpha value is -1.19. The molecule has 0 unspecified atom stereocenters. The molecule has 0 atom stereocenters. The second-order valence-electron chi connectivity index (χ2n) is 4.67. The number of benzene rings is 1. The van der Waals surface area contributed by atoms with Crippen molar-refractivity contribution in [2.75, 3.05) is 13.1 Å². The molecule has 1 aromatic rings. The second kappa shape index (κ2) is 5.43. The van der Waals surface area contributed by atoms with Crippen LogP contribution in [0, 0.1) is 5.82 Å². The predicted octanol–water partition coefficient (Wildman–Crippen LogP) is 2.44. The van der Waals surface area contributed by atoms with Crippen LogP contribution in [0.1, 0.15) is 24.5 Å². The maximum Gasteiger partial charge on any atom is 0.127 e. The summed E-state index contributed by atoms with van der Waals surface area (Å²) in [5.41, 5.74) is 8.71. The van der Waals surface area contributed by atoms with E-state index in [9.17, 15) is 4.39 Å². The van der Waals surface area contributed by atoms with Gasteiger partial charge in [0.1, 0.15) is 5.82 Å². The van der Waals surface area contributed by atoms with E-state index >= 15 is 0 Å². The first-order chi connectivity index (χ1) is 8.19. The van der Waals surface area contributed by atoms with Crippen molar-refractivity contribution in [3.05, 3.63) is 46.8 Å². The van der Waals surface area contributed by atoms with Gasteiger partial charge >= 0.3 is 0 Å². The highest BCUT2D eigenvalue weighted by atomic mass is 19.1. The van der Waals surface area contributed by atoms with Crippen molar-refractivity contribution >= 4 is 0 Å². The molecule has 0 aromatic heterocycles. The molecule has 17 heavy (non-hydrogen) atoms. The van der Waals surface area contributed by atoms with Crippen LogP contribution in [0.4, 0.5) is 4.39 Å². The molecule has 92 valence electrons. The third kappa shape index (κ3) is 3.14. The Morgan fingerprint density at radius 1 is 1.41 bits per heavy atom. The van der Waals surface area contributed by atoms with Crippen molar-refractivity contribution in [2.24, 2.45) is 5.73 Å². The number of nitrogens with zero attached hydrogens (tertiary/aromatic N) is 1. The van der Waals surface area contributed by atoms with Crippen LogP contribution < -0.4 is 5.73 Å². The van der Waals surface area contributed by atoms with Crippen LogP contribution >= 0.6 is 0 Å². The van der Waals surface area contributed by atoms with Gasteiger partial charge in [-0.05, 0) is 25.0 Å². The summed E-state index contributed by atoms with van der Waals surface area (Å²) in [5.74, 6) is -0.203. The van der Waals surface area contributed by atoms with Gasteiger partial charge < -0.3 is 5.73 Å². The molecule has 0 aliphatic carbocycles. The molecule has 2 nitrogen and oxygen atoms in total. The molecule has 2 rings (SSSR count). The quantitative estimate of drug-likeness (QED) is 0.814. The Balaban J connectivity index is 2.04. The highest BCUT2D eigenvalue weighted by molar-refractivity contribution is 5.25. The van der Waals surface area contributed by atoms with Gasteiger partial charge in [-0.15, -0.1) is 0 Å². The van der Waals surface area contributed by atoms with Crippen LogP contribution in [0.3, 0.4) is 0 Å². The van der Waals surface area contributed by atoms with Gasteiger partial charge in [0.2, 0.25) is 0 Å². The van der Waals surface area contributed by atoms with Crippen LogP contribution in [0.2, 0.25) is 0 Å². The molecule has 0 radical (unpaired) electrons. The zero-order valence-corrected chi connectivity index (χ0v) is 10.2. The van der Waals surface area contributed by atoms with Crippen molar-refractivity contribution < 1.29 is 4.39 Å². The largest absolute Gasteiger partial charge is 0.326 e. The summed E-state index contributed by atoms with van der Waals surface area (Å²) in [6, 6.07) is 5.24. The Bertz CT molecular complexity index is 426. The van der Waals surface area contributed by atoms with E-state index < -0.39 is 0 Å². The molecule has 0 fully saturated rings. The average molecular weight is 234 g/mol. The number of hydrogen-bond donors (Lipinski definition) is 1. The fourth-order valence-electron chi connectivity index (χ4n) is 2.10. The molecule has 2 N–H and O–H groups in total. The van der Waals surface area contributed by atoms with E-state index in [1.165, 1.54) is 11.6 Å². The Labute approximate surface area is 102 Å². The molecule has 1 aromatic carbocycles. The van der Waals surface area contributed by atoms with Gasteiger partial charge in [-0.2, -0.15) is 0 Å². The molecular weight excluding hydrogens is 215 g/mol. The van der Waals surface area contributed by atoms with Crippen LogP contribution in [-0.2, 0) is 13.1 Å².